The molecule has 1 aromatic heterocycles. The van der Waals surface area contributed by atoms with Crippen molar-refractivity contribution >= 4 is 16.9 Å². The maximum absolute atomic E-state index is 11.5. The number of para-hydroxylation sites is 1. The molecule has 2 rings (SSSR count). The smallest absolute Gasteiger partial charge is 0.336 e. The minimum absolute atomic E-state index is 0.111. The molecule has 1 aromatic carbocycles. The van der Waals surface area contributed by atoms with Crippen LogP contribution in [0.3, 0.4) is 0 Å². The Bertz CT molecular complexity index is 655. The molecule has 0 spiro atoms. The van der Waals surface area contributed by atoms with Gasteiger partial charge in [0.25, 0.3) is 0 Å². The largest absolute Gasteiger partial charge is 0.465 e. The van der Waals surface area contributed by atoms with Crippen LogP contribution in [0.25, 0.3) is 11.0 Å². The van der Waals surface area contributed by atoms with Gasteiger partial charge in [-0.1, -0.05) is 32.0 Å². The van der Waals surface area contributed by atoms with E-state index in [0.29, 0.717) is 25.0 Å². The molecule has 0 amide bonds. The summed E-state index contributed by atoms with van der Waals surface area (Å²) in [6.07, 6.45) is 1.36. The molecule has 0 aliphatic heterocycles. The molecular formula is C16H18O4. The molecule has 0 aliphatic rings. The number of carbonyl (C=O) groups excluding carboxylic acids is 1. The van der Waals surface area contributed by atoms with Gasteiger partial charge < -0.3 is 9.15 Å². The van der Waals surface area contributed by atoms with Gasteiger partial charge in [0.2, 0.25) is 0 Å². The monoisotopic (exact) mass is 274 g/mol. The van der Waals surface area contributed by atoms with Crippen molar-refractivity contribution in [2.24, 2.45) is 5.92 Å². The average molecular weight is 274 g/mol. The van der Waals surface area contributed by atoms with Crippen molar-refractivity contribution in [1.82, 2.24) is 0 Å². The molecule has 0 saturated heterocycles. The fourth-order valence-corrected chi connectivity index (χ4v) is 1.99. The maximum atomic E-state index is 11.5. The van der Waals surface area contributed by atoms with Gasteiger partial charge in [-0.25, -0.2) is 4.79 Å². The van der Waals surface area contributed by atoms with E-state index >= 15 is 0 Å². The number of carbonyl (C=O) groups is 1. The first-order valence-corrected chi connectivity index (χ1v) is 6.76. The normalized spacial score (nSPS) is 10.9. The van der Waals surface area contributed by atoms with Gasteiger partial charge in [0.15, 0.2) is 0 Å². The molecule has 106 valence electrons. The van der Waals surface area contributed by atoms with Crippen LogP contribution in [0.5, 0.6) is 0 Å². The first-order chi connectivity index (χ1) is 9.58. The third-order valence-electron chi connectivity index (χ3n) is 3.04. The van der Waals surface area contributed by atoms with Crippen LogP contribution in [0.2, 0.25) is 0 Å². The lowest BCUT2D eigenvalue weighted by Crippen LogP contribution is -2.13. The number of fused-ring (bicyclic) bond motifs is 1. The lowest BCUT2D eigenvalue weighted by molar-refractivity contribution is -0.147. The van der Waals surface area contributed by atoms with Crippen LogP contribution in [-0.2, 0) is 16.0 Å². The maximum Gasteiger partial charge on any atom is 0.336 e. The predicted octanol–water partition coefficient (Wildman–Crippen LogP) is 2.92. The van der Waals surface area contributed by atoms with Crippen LogP contribution < -0.4 is 5.63 Å². The van der Waals surface area contributed by atoms with Gasteiger partial charge >= 0.3 is 11.6 Å². The summed E-state index contributed by atoms with van der Waals surface area (Å²) in [4.78, 5) is 22.8. The Morgan fingerprint density at radius 1 is 1.30 bits per heavy atom. The summed E-state index contributed by atoms with van der Waals surface area (Å²) in [5.41, 5.74) is 1.17. The lowest BCUT2D eigenvalue weighted by Gasteiger charge is -2.08. The van der Waals surface area contributed by atoms with Crippen LogP contribution in [0, 0.1) is 5.92 Å². The quantitative estimate of drug-likeness (QED) is 0.478. The Hall–Kier alpha value is -2.10. The van der Waals surface area contributed by atoms with Crippen LogP contribution in [0.4, 0.5) is 0 Å². The first-order valence-electron chi connectivity index (χ1n) is 6.76. The van der Waals surface area contributed by atoms with E-state index in [-0.39, 0.29) is 17.5 Å². The van der Waals surface area contributed by atoms with Crippen molar-refractivity contribution in [3.05, 3.63) is 46.3 Å². The molecule has 2 aromatic rings. The van der Waals surface area contributed by atoms with Crippen molar-refractivity contribution in [2.75, 3.05) is 6.61 Å². The van der Waals surface area contributed by atoms with E-state index in [4.69, 9.17) is 9.15 Å². The summed E-state index contributed by atoms with van der Waals surface area (Å²) in [5.74, 6) is -0.304. The molecule has 20 heavy (non-hydrogen) atoms. The summed E-state index contributed by atoms with van der Waals surface area (Å²) in [5, 5.41) is 0.933. The third kappa shape index (κ3) is 3.47. The van der Waals surface area contributed by atoms with Crippen molar-refractivity contribution in [3.63, 3.8) is 0 Å². The average Bonchev–Trinajstić information content (AvgIpc) is 2.42. The van der Waals surface area contributed by atoms with Crippen molar-refractivity contribution in [2.45, 2.75) is 26.7 Å². The molecule has 0 saturated carbocycles. The molecule has 0 radical (unpaired) electrons. The predicted molar refractivity (Wildman–Crippen MR) is 76.6 cm³/mol. The second kappa shape index (κ2) is 6.37. The van der Waals surface area contributed by atoms with E-state index < -0.39 is 0 Å². The highest BCUT2D eigenvalue weighted by atomic mass is 16.5. The molecule has 0 bridgehead atoms. The van der Waals surface area contributed by atoms with E-state index in [9.17, 15) is 9.59 Å². The Morgan fingerprint density at radius 3 is 2.80 bits per heavy atom. The molecule has 4 heteroatoms. The molecule has 1 heterocycles. The Labute approximate surface area is 117 Å². The van der Waals surface area contributed by atoms with Crippen molar-refractivity contribution < 1.29 is 13.9 Å². The van der Waals surface area contributed by atoms with Crippen molar-refractivity contribution in [1.29, 1.82) is 0 Å². The Kier molecular flexibility index (Phi) is 4.56. The van der Waals surface area contributed by atoms with E-state index in [1.807, 2.05) is 18.2 Å². The van der Waals surface area contributed by atoms with E-state index in [1.54, 1.807) is 19.9 Å². The number of hydrogen-bond donors (Lipinski definition) is 0. The van der Waals surface area contributed by atoms with Gasteiger partial charge in [0, 0.05) is 11.5 Å². The zero-order valence-corrected chi connectivity index (χ0v) is 11.7. The third-order valence-corrected chi connectivity index (χ3v) is 3.04. The first kappa shape index (κ1) is 14.3. The fourth-order valence-electron chi connectivity index (χ4n) is 1.99. The summed E-state index contributed by atoms with van der Waals surface area (Å²) < 4.78 is 10.3. The van der Waals surface area contributed by atoms with Gasteiger partial charge in [-0.15, -0.1) is 0 Å². The molecular weight excluding hydrogens is 256 g/mol. The highest BCUT2D eigenvalue weighted by Crippen LogP contribution is 2.17. The van der Waals surface area contributed by atoms with Gasteiger partial charge in [0.1, 0.15) is 5.58 Å². The van der Waals surface area contributed by atoms with Gasteiger partial charge in [-0.05, 0) is 24.5 Å². The zero-order chi connectivity index (χ0) is 14.5. The summed E-state index contributed by atoms with van der Waals surface area (Å²) in [7, 11) is 0. The van der Waals surface area contributed by atoms with Crippen molar-refractivity contribution in [3.8, 4) is 0 Å². The van der Waals surface area contributed by atoms with Gasteiger partial charge in [0.05, 0.1) is 12.5 Å². The summed E-state index contributed by atoms with van der Waals surface area (Å²) in [6, 6.07) is 8.95. The minimum Gasteiger partial charge on any atom is -0.465 e. The van der Waals surface area contributed by atoms with Crippen LogP contribution >= 0.6 is 0 Å². The number of aryl methyl sites for hydroxylation is 1. The van der Waals surface area contributed by atoms with E-state index in [2.05, 4.69) is 0 Å². The van der Waals surface area contributed by atoms with Crippen LogP contribution in [0.1, 0.15) is 25.8 Å². The number of esters is 1. The Morgan fingerprint density at radius 2 is 2.05 bits per heavy atom. The molecule has 0 N–H and O–H groups in total. The molecule has 0 unspecified atom stereocenters. The van der Waals surface area contributed by atoms with E-state index in [0.717, 1.165) is 10.9 Å². The molecule has 0 aliphatic carbocycles. The summed E-state index contributed by atoms with van der Waals surface area (Å²) >= 11 is 0. The molecule has 0 fully saturated rings. The zero-order valence-electron chi connectivity index (χ0n) is 11.7. The molecule has 4 nitrogen and oxygen atoms in total. The number of ether oxygens (including phenoxy) is 1. The molecule has 0 atom stereocenters. The Balaban J connectivity index is 2.03. The number of rotatable bonds is 5. The lowest BCUT2D eigenvalue weighted by atomic mass is 10.1. The number of benzene rings is 1. The topological polar surface area (TPSA) is 56.5 Å². The van der Waals surface area contributed by atoms with Gasteiger partial charge in [-0.3, -0.25) is 4.79 Å². The standard InChI is InChI=1S/C16H18O4/c1-11(2)16(18)19-9-5-6-12-10-15(17)20-14-8-4-3-7-13(12)14/h3-4,7-8,10-11H,5-6,9H2,1-2H3. The van der Waals surface area contributed by atoms with Crippen LogP contribution in [-0.4, -0.2) is 12.6 Å². The van der Waals surface area contributed by atoms with E-state index in [1.165, 1.54) is 6.07 Å². The van der Waals surface area contributed by atoms with Gasteiger partial charge in [-0.2, -0.15) is 0 Å². The second-order valence-corrected chi connectivity index (χ2v) is 5.01. The highest BCUT2D eigenvalue weighted by Gasteiger charge is 2.08. The number of hydrogen-bond acceptors (Lipinski definition) is 4. The highest BCUT2D eigenvalue weighted by molar-refractivity contribution is 5.79. The van der Waals surface area contributed by atoms with Crippen LogP contribution in [0.15, 0.2) is 39.5 Å². The fraction of sp³-hybridized carbons (Fsp3) is 0.375. The SMILES string of the molecule is CC(C)C(=O)OCCCc1cc(=O)oc2ccccc12. The summed E-state index contributed by atoms with van der Waals surface area (Å²) in [6.45, 7) is 3.97. The second-order valence-electron chi connectivity index (χ2n) is 5.01. The minimum atomic E-state index is -0.349.